The van der Waals surface area contributed by atoms with Crippen molar-refractivity contribution in [3.63, 3.8) is 0 Å². The van der Waals surface area contributed by atoms with E-state index in [0.29, 0.717) is 5.92 Å². The monoisotopic (exact) mass is 206 g/mol. The molecule has 0 heterocycles. The highest BCUT2D eigenvalue weighted by Crippen LogP contribution is 2.16. The second-order valence-corrected chi connectivity index (χ2v) is 4.52. The van der Waals surface area contributed by atoms with Gasteiger partial charge in [0.25, 0.3) is 0 Å². The Kier molecular flexibility index (Phi) is 8.08. The maximum Gasteiger partial charge on any atom is -0.0193 e. The van der Waals surface area contributed by atoms with Crippen LogP contribution >= 0.6 is 0 Å². The van der Waals surface area contributed by atoms with Crippen molar-refractivity contribution in [2.75, 3.05) is 0 Å². The van der Waals surface area contributed by atoms with Gasteiger partial charge in [-0.05, 0) is 23.8 Å². The Morgan fingerprint density at radius 3 is 1.67 bits per heavy atom. The van der Waals surface area contributed by atoms with Crippen molar-refractivity contribution in [1.29, 1.82) is 0 Å². The smallest absolute Gasteiger partial charge is 0.0193 e. The van der Waals surface area contributed by atoms with Gasteiger partial charge in [0.05, 0.1) is 0 Å². The first-order chi connectivity index (χ1) is 7.11. The Morgan fingerprint density at radius 1 is 0.867 bits per heavy atom. The predicted octanol–water partition coefficient (Wildman–Crippen LogP) is 5.25. The van der Waals surface area contributed by atoms with E-state index in [1.54, 1.807) is 0 Å². The lowest BCUT2D eigenvalue weighted by Gasteiger charge is -2.06. The van der Waals surface area contributed by atoms with Crippen molar-refractivity contribution in [2.24, 2.45) is 5.92 Å². The average molecular weight is 206 g/mol. The molecule has 0 saturated carbocycles. The molecule has 1 unspecified atom stereocenters. The van der Waals surface area contributed by atoms with E-state index in [-0.39, 0.29) is 0 Å². The van der Waals surface area contributed by atoms with Crippen LogP contribution in [-0.2, 0) is 0 Å². The van der Waals surface area contributed by atoms with Crippen LogP contribution in [0, 0.1) is 5.92 Å². The first-order valence-corrected chi connectivity index (χ1v) is 6.16. The van der Waals surface area contributed by atoms with Crippen molar-refractivity contribution < 1.29 is 0 Å². The molecule has 0 aliphatic rings. The summed E-state index contributed by atoms with van der Waals surface area (Å²) in [6.45, 7) is 11.1. The fourth-order valence-electron chi connectivity index (χ4n) is 1.02. The van der Waals surface area contributed by atoms with E-state index in [0.717, 1.165) is 5.92 Å². The van der Waals surface area contributed by atoms with Crippen molar-refractivity contribution in [2.45, 2.75) is 53.4 Å². The summed E-state index contributed by atoms with van der Waals surface area (Å²) in [6.07, 6.45) is 2.53. The van der Waals surface area contributed by atoms with E-state index in [4.69, 9.17) is 0 Å². The van der Waals surface area contributed by atoms with E-state index in [1.807, 2.05) is 0 Å². The molecular weight excluding hydrogens is 180 g/mol. The van der Waals surface area contributed by atoms with Crippen LogP contribution in [0.15, 0.2) is 30.3 Å². The SMILES string of the molecule is CCC(C)C.CCC(C)c1ccccc1. The molecule has 1 aromatic rings. The summed E-state index contributed by atoms with van der Waals surface area (Å²) in [4.78, 5) is 0. The van der Waals surface area contributed by atoms with Gasteiger partial charge in [-0.2, -0.15) is 0 Å². The fraction of sp³-hybridized carbons (Fsp3) is 0.600. The molecule has 0 aromatic heterocycles. The van der Waals surface area contributed by atoms with E-state index in [9.17, 15) is 0 Å². The van der Waals surface area contributed by atoms with Crippen LogP contribution in [0.4, 0.5) is 0 Å². The molecule has 0 heteroatoms. The molecule has 86 valence electrons. The molecule has 0 nitrogen and oxygen atoms in total. The molecule has 0 bridgehead atoms. The molecule has 1 atom stereocenters. The Bertz CT molecular complexity index is 223. The topological polar surface area (TPSA) is 0 Å². The third kappa shape index (κ3) is 7.18. The second-order valence-electron chi connectivity index (χ2n) is 4.52. The first-order valence-electron chi connectivity index (χ1n) is 6.16. The molecule has 0 saturated heterocycles. The minimum atomic E-state index is 0.709. The third-order valence-electron chi connectivity index (χ3n) is 2.80. The first kappa shape index (κ1) is 14.2. The molecule has 0 radical (unpaired) electrons. The van der Waals surface area contributed by atoms with Crippen LogP contribution in [0.25, 0.3) is 0 Å². The highest BCUT2D eigenvalue weighted by atomic mass is 14.0. The summed E-state index contributed by atoms with van der Waals surface area (Å²) in [7, 11) is 0. The summed E-state index contributed by atoms with van der Waals surface area (Å²) < 4.78 is 0. The number of hydrogen-bond donors (Lipinski definition) is 0. The van der Waals surface area contributed by atoms with Crippen LogP contribution in [0.1, 0.15) is 58.9 Å². The van der Waals surface area contributed by atoms with Gasteiger partial charge >= 0.3 is 0 Å². The Morgan fingerprint density at radius 2 is 1.33 bits per heavy atom. The van der Waals surface area contributed by atoms with Gasteiger partial charge in [0.1, 0.15) is 0 Å². The average Bonchev–Trinajstić information content (AvgIpc) is 2.30. The van der Waals surface area contributed by atoms with Crippen molar-refractivity contribution >= 4 is 0 Å². The van der Waals surface area contributed by atoms with E-state index in [1.165, 1.54) is 18.4 Å². The molecule has 1 rings (SSSR count). The number of hydrogen-bond acceptors (Lipinski definition) is 0. The van der Waals surface area contributed by atoms with Gasteiger partial charge in [-0.3, -0.25) is 0 Å². The number of benzene rings is 1. The quantitative estimate of drug-likeness (QED) is 0.633. The molecule has 15 heavy (non-hydrogen) atoms. The van der Waals surface area contributed by atoms with Gasteiger partial charge < -0.3 is 0 Å². The normalized spacial score (nSPS) is 11.9. The van der Waals surface area contributed by atoms with Crippen LogP contribution < -0.4 is 0 Å². The Balaban J connectivity index is 0.000000336. The minimum Gasteiger partial charge on any atom is -0.0651 e. The summed E-state index contributed by atoms with van der Waals surface area (Å²) in [5.41, 5.74) is 1.45. The van der Waals surface area contributed by atoms with Gasteiger partial charge in [0.2, 0.25) is 0 Å². The molecule has 0 amide bonds. The predicted molar refractivity (Wildman–Crippen MR) is 70.3 cm³/mol. The van der Waals surface area contributed by atoms with Crippen molar-refractivity contribution in [3.05, 3.63) is 35.9 Å². The Hall–Kier alpha value is -0.780. The zero-order valence-corrected chi connectivity index (χ0v) is 11.0. The zero-order valence-electron chi connectivity index (χ0n) is 11.0. The van der Waals surface area contributed by atoms with E-state index in [2.05, 4.69) is 65.0 Å². The highest BCUT2D eigenvalue weighted by molar-refractivity contribution is 5.18. The lowest BCUT2D eigenvalue weighted by atomic mass is 9.99. The molecule has 0 aliphatic carbocycles. The van der Waals surface area contributed by atoms with E-state index < -0.39 is 0 Å². The van der Waals surface area contributed by atoms with Gasteiger partial charge in [-0.25, -0.2) is 0 Å². The fourth-order valence-corrected chi connectivity index (χ4v) is 1.02. The van der Waals surface area contributed by atoms with Crippen LogP contribution in [0.2, 0.25) is 0 Å². The molecule has 0 aliphatic heterocycles. The Labute approximate surface area is 95.7 Å². The van der Waals surface area contributed by atoms with Gasteiger partial charge in [0, 0.05) is 0 Å². The summed E-state index contributed by atoms with van der Waals surface area (Å²) in [5.74, 6) is 1.59. The maximum absolute atomic E-state index is 2.26. The van der Waals surface area contributed by atoms with Gasteiger partial charge in [0.15, 0.2) is 0 Å². The van der Waals surface area contributed by atoms with Crippen LogP contribution in [0.3, 0.4) is 0 Å². The minimum absolute atomic E-state index is 0.709. The largest absolute Gasteiger partial charge is 0.0651 e. The molecule has 0 N–H and O–H groups in total. The van der Waals surface area contributed by atoms with Crippen LogP contribution in [0.5, 0.6) is 0 Å². The lowest BCUT2D eigenvalue weighted by Crippen LogP contribution is -1.88. The lowest BCUT2D eigenvalue weighted by molar-refractivity contribution is 0.626. The molecule has 1 aromatic carbocycles. The second kappa shape index (κ2) is 8.52. The molecule has 0 spiro atoms. The van der Waals surface area contributed by atoms with Crippen molar-refractivity contribution in [3.8, 4) is 0 Å². The molecular formula is C15H26. The summed E-state index contributed by atoms with van der Waals surface area (Å²) in [5, 5.41) is 0. The van der Waals surface area contributed by atoms with Gasteiger partial charge in [-0.1, -0.05) is 71.4 Å². The summed E-state index contributed by atoms with van der Waals surface area (Å²) in [6, 6.07) is 10.6. The standard InChI is InChI=1S/C10H14.C5H12/c1-3-9(2)10-7-5-4-6-8-10;1-4-5(2)3/h4-9H,3H2,1-2H3;5H,4H2,1-3H3. The van der Waals surface area contributed by atoms with Gasteiger partial charge in [-0.15, -0.1) is 0 Å². The zero-order chi connectivity index (χ0) is 11.7. The van der Waals surface area contributed by atoms with E-state index >= 15 is 0 Å². The molecule has 0 fully saturated rings. The third-order valence-corrected chi connectivity index (χ3v) is 2.80. The highest BCUT2D eigenvalue weighted by Gasteiger charge is 1.98. The van der Waals surface area contributed by atoms with Crippen LogP contribution in [-0.4, -0.2) is 0 Å². The summed E-state index contributed by atoms with van der Waals surface area (Å²) >= 11 is 0. The van der Waals surface area contributed by atoms with Crippen molar-refractivity contribution in [1.82, 2.24) is 0 Å². The number of rotatable bonds is 3. The maximum atomic E-state index is 2.26.